The highest BCUT2D eigenvalue weighted by atomic mass is 32.2. The van der Waals surface area contributed by atoms with Crippen molar-refractivity contribution in [3.63, 3.8) is 0 Å². The van der Waals surface area contributed by atoms with E-state index in [-0.39, 0.29) is 22.3 Å². The number of carbonyl (C=O) groups is 2. The molecular weight excluding hydrogens is 375 g/mol. The van der Waals surface area contributed by atoms with Crippen LogP contribution in [0, 0.1) is 12.7 Å². The Labute approximate surface area is 156 Å². The summed E-state index contributed by atoms with van der Waals surface area (Å²) in [6, 6.07) is 6.54. The first-order valence-corrected chi connectivity index (χ1v) is 10.2. The maximum absolute atomic E-state index is 13.0. The summed E-state index contributed by atoms with van der Waals surface area (Å²) in [5, 5.41) is 0. The van der Waals surface area contributed by atoms with Gasteiger partial charge in [0, 0.05) is 44.1 Å². The standard InChI is InChI=1S/C18H19FN2O5S/c1-12-16(27(2,24)25)11-15(26-12)18(23)21-9-7-20(8-10-21)17(22)13-3-5-14(19)6-4-13/h3-6,11H,7-10H2,1-2H3. The molecule has 1 aliphatic heterocycles. The van der Waals surface area contributed by atoms with Crippen molar-refractivity contribution in [3.8, 4) is 0 Å². The molecule has 1 aromatic carbocycles. The van der Waals surface area contributed by atoms with Crippen LogP contribution in [0.5, 0.6) is 0 Å². The monoisotopic (exact) mass is 394 g/mol. The van der Waals surface area contributed by atoms with Crippen LogP contribution >= 0.6 is 0 Å². The minimum Gasteiger partial charge on any atom is -0.455 e. The Hall–Kier alpha value is -2.68. The SMILES string of the molecule is Cc1oc(C(=O)N2CCN(C(=O)c3ccc(F)cc3)CC2)cc1S(C)(=O)=O. The van der Waals surface area contributed by atoms with Crippen LogP contribution in [0.1, 0.15) is 26.7 Å². The average molecular weight is 394 g/mol. The Kier molecular flexibility index (Phi) is 5.05. The van der Waals surface area contributed by atoms with E-state index >= 15 is 0 Å². The van der Waals surface area contributed by atoms with E-state index in [1.807, 2.05) is 0 Å². The molecule has 0 unspecified atom stereocenters. The zero-order chi connectivity index (χ0) is 19.8. The summed E-state index contributed by atoms with van der Waals surface area (Å²) in [6.07, 6.45) is 1.05. The summed E-state index contributed by atoms with van der Waals surface area (Å²) in [4.78, 5) is 28.1. The number of hydrogen-bond donors (Lipinski definition) is 0. The number of nitrogens with zero attached hydrogens (tertiary/aromatic N) is 2. The van der Waals surface area contributed by atoms with Crippen molar-refractivity contribution >= 4 is 21.7 Å². The summed E-state index contributed by atoms with van der Waals surface area (Å²) < 4.78 is 41.7. The third-order valence-corrected chi connectivity index (χ3v) is 5.63. The molecule has 1 fully saturated rings. The highest BCUT2D eigenvalue weighted by Crippen LogP contribution is 2.21. The predicted molar refractivity (Wildman–Crippen MR) is 94.8 cm³/mol. The van der Waals surface area contributed by atoms with Crippen molar-refractivity contribution in [1.82, 2.24) is 9.80 Å². The number of sulfone groups is 1. The molecule has 2 aromatic rings. The van der Waals surface area contributed by atoms with E-state index < -0.39 is 21.6 Å². The number of furan rings is 1. The first-order valence-electron chi connectivity index (χ1n) is 8.31. The lowest BCUT2D eigenvalue weighted by Gasteiger charge is -2.34. The van der Waals surface area contributed by atoms with Crippen molar-refractivity contribution in [3.05, 3.63) is 53.2 Å². The van der Waals surface area contributed by atoms with Crippen molar-refractivity contribution in [2.24, 2.45) is 0 Å². The molecule has 0 aliphatic carbocycles. The van der Waals surface area contributed by atoms with Gasteiger partial charge in [-0.25, -0.2) is 12.8 Å². The van der Waals surface area contributed by atoms with Gasteiger partial charge in [-0.3, -0.25) is 9.59 Å². The number of aryl methyl sites for hydroxylation is 1. The van der Waals surface area contributed by atoms with Gasteiger partial charge in [0.05, 0.1) is 0 Å². The smallest absolute Gasteiger partial charge is 0.289 e. The van der Waals surface area contributed by atoms with Crippen LogP contribution in [0.25, 0.3) is 0 Å². The molecule has 3 rings (SSSR count). The first kappa shape index (κ1) is 19.1. The van der Waals surface area contributed by atoms with E-state index in [9.17, 15) is 22.4 Å². The lowest BCUT2D eigenvalue weighted by Crippen LogP contribution is -2.50. The van der Waals surface area contributed by atoms with Crippen LogP contribution in [0.15, 0.2) is 39.6 Å². The number of amides is 2. The summed E-state index contributed by atoms with van der Waals surface area (Å²) in [7, 11) is -3.47. The highest BCUT2D eigenvalue weighted by molar-refractivity contribution is 7.90. The summed E-state index contributed by atoms with van der Waals surface area (Å²) in [6.45, 7) is 2.72. The van der Waals surface area contributed by atoms with Crippen LogP contribution in [0.2, 0.25) is 0 Å². The van der Waals surface area contributed by atoms with Gasteiger partial charge in [-0.05, 0) is 31.2 Å². The second-order valence-electron chi connectivity index (χ2n) is 6.39. The van der Waals surface area contributed by atoms with Gasteiger partial charge in [0.15, 0.2) is 15.6 Å². The summed E-state index contributed by atoms with van der Waals surface area (Å²) >= 11 is 0. The zero-order valence-corrected chi connectivity index (χ0v) is 15.8. The van der Waals surface area contributed by atoms with Gasteiger partial charge < -0.3 is 14.2 Å². The molecule has 1 saturated heterocycles. The molecule has 27 heavy (non-hydrogen) atoms. The molecule has 9 heteroatoms. The fourth-order valence-corrected chi connectivity index (χ4v) is 3.87. The van der Waals surface area contributed by atoms with E-state index in [1.54, 1.807) is 4.90 Å². The van der Waals surface area contributed by atoms with Gasteiger partial charge in [-0.15, -0.1) is 0 Å². The molecule has 0 radical (unpaired) electrons. The van der Waals surface area contributed by atoms with Gasteiger partial charge in [-0.1, -0.05) is 0 Å². The molecule has 0 spiro atoms. The number of carbonyl (C=O) groups excluding carboxylic acids is 2. The van der Waals surface area contributed by atoms with E-state index in [0.29, 0.717) is 31.7 Å². The Morgan fingerprint density at radius 3 is 2.00 bits per heavy atom. The normalized spacial score (nSPS) is 15.1. The minimum atomic E-state index is -3.47. The maximum atomic E-state index is 13.0. The van der Waals surface area contributed by atoms with Crippen molar-refractivity contribution in [2.45, 2.75) is 11.8 Å². The minimum absolute atomic E-state index is 0.00373. The highest BCUT2D eigenvalue weighted by Gasteiger charge is 2.28. The number of rotatable bonds is 3. The van der Waals surface area contributed by atoms with Crippen LogP contribution in [0.3, 0.4) is 0 Å². The quantitative estimate of drug-likeness (QED) is 0.791. The van der Waals surface area contributed by atoms with Crippen LogP contribution in [-0.2, 0) is 9.84 Å². The zero-order valence-electron chi connectivity index (χ0n) is 14.9. The lowest BCUT2D eigenvalue weighted by atomic mass is 10.1. The second kappa shape index (κ2) is 7.15. The van der Waals surface area contributed by atoms with E-state index in [4.69, 9.17) is 4.42 Å². The molecule has 2 amide bonds. The number of piperazine rings is 1. The fourth-order valence-electron chi connectivity index (χ4n) is 2.98. The molecule has 1 aromatic heterocycles. The Morgan fingerprint density at radius 1 is 1.00 bits per heavy atom. The van der Waals surface area contributed by atoms with Crippen LogP contribution in [0.4, 0.5) is 4.39 Å². The first-order chi connectivity index (χ1) is 12.7. The second-order valence-corrected chi connectivity index (χ2v) is 8.38. The molecular formula is C18H19FN2O5S. The molecule has 0 atom stereocenters. The molecule has 1 aliphatic rings. The molecule has 0 N–H and O–H groups in total. The Morgan fingerprint density at radius 2 is 1.52 bits per heavy atom. The van der Waals surface area contributed by atoms with Crippen LogP contribution in [-0.4, -0.2) is 62.5 Å². The van der Waals surface area contributed by atoms with Gasteiger partial charge in [0.1, 0.15) is 16.5 Å². The van der Waals surface area contributed by atoms with E-state index in [2.05, 4.69) is 0 Å². The third-order valence-electron chi connectivity index (χ3n) is 4.43. The summed E-state index contributed by atoms with van der Waals surface area (Å²) in [5.74, 6) is -0.918. The van der Waals surface area contributed by atoms with Gasteiger partial charge in [0.25, 0.3) is 11.8 Å². The summed E-state index contributed by atoms with van der Waals surface area (Å²) in [5.41, 5.74) is 0.385. The van der Waals surface area contributed by atoms with Crippen molar-refractivity contribution in [2.75, 3.05) is 32.4 Å². The lowest BCUT2D eigenvalue weighted by molar-refractivity contribution is 0.0517. The molecule has 7 nitrogen and oxygen atoms in total. The third kappa shape index (κ3) is 4.02. The van der Waals surface area contributed by atoms with Crippen molar-refractivity contribution < 1.29 is 26.8 Å². The van der Waals surface area contributed by atoms with Gasteiger partial charge in [0.2, 0.25) is 0 Å². The van der Waals surface area contributed by atoms with Crippen LogP contribution < -0.4 is 0 Å². The van der Waals surface area contributed by atoms with E-state index in [0.717, 1.165) is 6.26 Å². The predicted octanol–water partition coefficient (Wildman–Crippen LogP) is 1.73. The maximum Gasteiger partial charge on any atom is 0.289 e. The molecule has 0 bridgehead atoms. The Bertz CT molecular complexity index is 974. The average Bonchev–Trinajstić information content (AvgIpc) is 3.03. The number of benzene rings is 1. The topological polar surface area (TPSA) is 87.9 Å². The molecule has 2 heterocycles. The van der Waals surface area contributed by atoms with Crippen molar-refractivity contribution in [1.29, 1.82) is 0 Å². The largest absolute Gasteiger partial charge is 0.455 e. The number of halogens is 1. The number of hydrogen-bond acceptors (Lipinski definition) is 5. The Balaban J connectivity index is 1.66. The van der Waals surface area contributed by atoms with Gasteiger partial charge in [-0.2, -0.15) is 0 Å². The van der Waals surface area contributed by atoms with Gasteiger partial charge >= 0.3 is 0 Å². The fraction of sp³-hybridized carbons (Fsp3) is 0.333. The molecule has 0 saturated carbocycles. The molecule has 144 valence electrons. The van der Waals surface area contributed by atoms with E-state index in [1.165, 1.54) is 42.2 Å².